The lowest BCUT2D eigenvalue weighted by Crippen LogP contribution is -2.28. The van der Waals surface area contributed by atoms with Crippen LogP contribution in [0.4, 0.5) is 8.78 Å². The minimum atomic E-state index is -3.77. The van der Waals surface area contributed by atoms with Crippen molar-refractivity contribution >= 4 is 15.9 Å². The van der Waals surface area contributed by atoms with Gasteiger partial charge in [0.25, 0.3) is 12.3 Å². The molecule has 0 saturated carbocycles. The Kier molecular flexibility index (Phi) is 5.62. The highest BCUT2D eigenvalue weighted by Crippen LogP contribution is 2.11. The fourth-order valence-corrected chi connectivity index (χ4v) is 2.87. The monoisotopic (exact) mass is 358 g/mol. The second kappa shape index (κ2) is 7.49. The van der Waals surface area contributed by atoms with E-state index in [0.29, 0.717) is 5.69 Å². The van der Waals surface area contributed by atoms with Gasteiger partial charge in [-0.2, -0.15) is 5.10 Å². The number of carbonyl (C=O) groups excluding carboxylic acids is 1. The zero-order chi connectivity index (χ0) is 17.7. The van der Waals surface area contributed by atoms with Gasteiger partial charge in [0.1, 0.15) is 0 Å². The summed E-state index contributed by atoms with van der Waals surface area (Å²) in [5.74, 6) is -0.695. The Morgan fingerprint density at radius 2 is 1.96 bits per heavy atom. The number of aryl methyl sites for hydroxylation is 1. The fourth-order valence-electron chi connectivity index (χ4n) is 1.87. The van der Waals surface area contributed by atoms with Crippen molar-refractivity contribution in [3.05, 3.63) is 47.3 Å². The van der Waals surface area contributed by atoms with E-state index in [2.05, 4.69) is 14.9 Å². The topological polar surface area (TPSA) is 104 Å². The number of hydrogen-bond donors (Lipinski definition) is 3. The lowest BCUT2D eigenvalue weighted by Gasteiger charge is -2.07. The summed E-state index contributed by atoms with van der Waals surface area (Å²) in [6, 6.07) is 6.69. The maximum absolute atomic E-state index is 12.2. The number of benzene rings is 1. The van der Waals surface area contributed by atoms with Gasteiger partial charge in [0.15, 0.2) is 0 Å². The van der Waals surface area contributed by atoms with Crippen molar-refractivity contribution in [1.82, 2.24) is 20.2 Å². The van der Waals surface area contributed by atoms with E-state index >= 15 is 0 Å². The minimum absolute atomic E-state index is 0.0172. The van der Waals surface area contributed by atoms with Crippen LogP contribution in [0.5, 0.6) is 0 Å². The molecule has 0 atom stereocenters. The Labute approximate surface area is 137 Å². The molecule has 0 aliphatic carbocycles. The number of carbonyl (C=O) groups is 1. The zero-order valence-electron chi connectivity index (χ0n) is 12.7. The van der Waals surface area contributed by atoms with E-state index in [0.717, 1.165) is 5.69 Å². The number of amides is 1. The lowest BCUT2D eigenvalue weighted by molar-refractivity contribution is 0.0891. The molecule has 0 bridgehead atoms. The molecule has 0 saturated heterocycles. The molecule has 130 valence electrons. The summed E-state index contributed by atoms with van der Waals surface area (Å²) >= 11 is 0. The molecule has 0 aliphatic heterocycles. The average Bonchev–Trinajstić information content (AvgIpc) is 2.96. The van der Waals surface area contributed by atoms with E-state index in [4.69, 9.17) is 0 Å². The van der Waals surface area contributed by atoms with Crippen LogP contribution in [0.25, 0.3) is 0 Å². The van der Waals surface area contributed by atoms with E-state index in [-0.39, 0.29) is 17.0 Å². The van der Waals surface area contributed by atoms with E-state index in [1.54, 1.807) is 13.0 Å². The third-order valence-electron chi connectivity index (χ3n) is 3.05. The molecule has 10 heteroatoms. The van der Waals surface area contributed by atoms with Crippen molar-refractivity contribution in [2.24, 2.45) is 0 Å². The third kappa shape index (κ3) is 4.83. The van der Waals surface area contributed by atoms with Gasteiger partial charge in [-0.15, -0.1) is 0 Å². The summed E-state index contributed by atoms with van der Waals surface area (Å²) in [7, 11) is -3.77. The number of aromatic amines is 1. The first-order valence-corrected chi connectivity index (χ1v) is 8.43. The van der Waals surface area contributed by atoms with E-state index in [1.807, 2.05) is 5.32 Å². The Bertz CT molecular complexity index is 804. The lowest BCUT2D eigenvalue weighted by atomic mass is 10.2. The van der Waals surface area contributed by atoms with Gasteiger partial charge >= 0.3 is 0 Å². The van der Waals surface area contributed by atoms with E-state index in [1.165, 1.54) is 24.3 Å². The molecule has 1 amide bonds. The molecular formula is C14H16F2N4O3S. The molecular weight excluding hydrogens is 342 g/mol. The van der Waals surface area contributed by atoms with E-state index in [9.17, 15) is 22.0 Å². The van der Waals surface area contributed by atoms with Gasteiger partial charge in [-0.25, -0.2) is 21.9 Å². The van der Waals surface area contributed by atoms with Crippen LogP contribution in [-0.2, 0) is 16.6 Å². The van der Waals surface area contributed by atoms with E-state index < -0.39 is 28.9 Å². The van der Waals surface area contributed by atoms with Crippen molar-refractivity contribution in [3.63, 3.8) is 0 Å². The van der Waals surface area contributed by atoms with Crippen molar-refractivity contribution < 1.29 is 22.0 Å². The molecule has 7 nitrogen and oxygen atoms in total. The number of aromatic nitrogens is 2. The van der Waals surface area contributed by atoms with Crippen LogP contribution in [0, 0.1) is 6.92 Å². The standard InChI is InChI=1S/C14H16F2N4O3S/c1-9-6-11(20-19-9)7-18-24(22,23)12-4-2-10(3-5-12)14(21)17-8-13(15)16/h2-6,13,18H,7-8H2,1H3,(H,17,21)(H,19,20). The zero-order valence-corrected chi connectivity index (χ0v) is 13.5. The molecule has 0 aliphatic rings. The van der Waals surface area contributed by atoms with Crippen LogP contribution in [0.3, 0.4) is 0 Å². The van der Waals surface area contributed by atoms with Crippen LogP contribution in [0.15, 0.2) is 35.2 Å². The van der Waals surface area contributed by atoms with Gasteiger partial charge in [0.05, 0.1) is 23.7 Å². The first-order valence-electron chi connectivity index (χ1n) is 6.95. The first-order chi connectivity index (χ1) is 11.3. The molecule has 0 fully saturated rings. The second-order valence-electron chi connectivity index (χ2n) is 4.99. The molecule has 1 aromatic carbocycles. The predicted molar refractivity (Wildman–Crippen MR) is 82.1 cm³/mol. The highest BCUT2D eigenvalue weighted by molar-refractivity contribution is 7.89. The summed E-state index contributed by atoms with van der Waals surface area (Å²) < 4.78 is 50.8. The summed E-state index contributed by atoms with van der Waals surface area (Å²) in [5.41, 5.74) is 1.44. The molecule has 1 heterocycles. The molecule has 0 radical (unpaired) electrons. The Morgan fingerprint density at radius 1 is 1.29 bits per heavy atom. The Balaban J connectivity index is 2.01. The van der Waals surface area contributed by atoms with Crippen LogP contribution in [0.2, 0.25) is 0 Å². The quantitative estimate of drug-likeness (QED) is 0.692. The predicted octanol–water partition coefficient (Wildman–Crippen LogP) is 1.19. The molecule has 2 rings (SSSR count). The number of alkyl halides is 2. The van der Waals surface area contributed by atoms with Crippen LogP contribution in [0.1, 0.15) is 21.7 Å². The minimum Gasteiger partial charge on any atom is -0.346 e. The van der Waals surface area contributed by atoms with Gasteiger partial charge < -0.3 is 5.32 Å². The maximum atomic E-state index is 12.2. The summed E-state index contributed by atoms with van der Waals surface area (Å²) in [6.07, 6.45) is -2.65. The number of nitrogens with one attached hydrogen (secondary N) is 3. The largest absolute Gasteiger partial charge is 0.346 e. The van der Waals surface area contributed by atoms with Crippen LogP contribution < -0.4 is 10.0 Å². The molecule has 1 aromatic heterocycles. The Morgan fingerprint density at radius 3 is 2.50 bits per heavy atom. The fraction of sp³-hybridized carbons (Fsp3) is 0.286. The Hall–Kier alpha value is -2.33. The van der Waals surface area contributed by atoms with Gasteiger partial charge in [0.2, 0.25) is 10.0 Å². The molecule has 3 N–H and O–H groups in total. The normalized spacial score (nSPS) is 11.7. The highest BCUT2D eigenvalue weighted by atomic mass is 32.2. The number of H-pyrrole nitrogens is 1. The van der Waals surface area contributed by atoms with Crippen LogP contribution >= 0.6 is 0 Å². The molecule has 0 spiro atoms. The maximum Gasteiger partial charge on any atom is 0.255 e. The van der Waals surface area contributed by atoms with Gasteiger partial charge in [-0.1, -0.05) is 0 Å². The van der Waals surface area contributed by atoms with Crippen molar-refractivity contribution in [2.45, 2.75) is 24.8 Å². The number of hydrogen-bond acceptors (Lipinski definition) is 4. The molecule has 0 unspecified atom stereocenters. The summed E-state index contributed by atoms with van der Waals surface area (Å²) in [5, 5.41) is 8.66. The van der Waals surface area contributed by atoms with Crippen molar-refractivity contribution in [1.29, 1.82) is 0 Å². The average molecular weight is 358 g/mol. The molecule has 2 aromatic rings. The van der Waals surface area contributed by atoms with Gasteiger partial charge in [0, 0.05) is 11.3 Å². The second-order valence-corrected chi connectivity index (χ2v) is 6.76. The number of rotatable bonds is 7. The number of nitrogens with zero attached hydrogens (tertiary/aromatic N) is 1. The number of sulfonamides is 1. The summed E-state index contributed by atoms with van der Waals surface area (Å²) in [6.45, 7) is 1.05. The molecule has 24 heavy (non-hydrogen) atoms. The first kappa shape index (κ1) is 18.0. The third-order valence-corrected chi connectivity index (χ3v) is 4.46. The summed E-state index contributed by atoms with van der Waals surface area (Å²) in [4.78, 5) is 11.6. The highest BCUT2D eigenvalue weighted by Gasteiger charge is 2.16. The SMILES string of the molecule is Cc1cc(CNS(=O)(=O)c2ccc(C(=O)NCC(F)F)cc2)n[nH]1. The smallest absolute Gasteiger partial charge is 0.255 e. The number of halogens is 2. The van der Waals surface area contributed by atoms with Crippen molar-refractivity contribution in [3.8, 4) is 0 Å². The van der Waals surface area contributed by atoms with Gasteiger partial charge in [-0.05, 0) is 37.3 Å². The van der Waals surface area contributed by atoms with Gasteiger partial charge in [-0.3, -0.25) is 9.89 Å². The van der Waals surface area contributed by atoms with Crippen LogP contribution in [-0.4, -0.2) is 37.5 Å². The van der Waals surface area contributed by atoms with Crippen molar-refractivity contribution in [2.75, 3.05) is 6.54 Å².